The van der Waals surface area contributed by atoms with Crippen molar-refractivity contribution in [3.05, 3.63) is 29.6 Å². The van der Waals surface area contributed by atoms with Crippen molar-refractivity contribution < 1.29 is 4.21 Å². The average molecular weight is 266 g/mol. The monoisotopic (exact) mass is 266 g/mol. The third-order valence-electron chi connectivity index (χ3n) is 3.45. The van der Waals surface area contributed by atoms with E-state index in [9.17, 15) is 4.21 Å². The minimum absolute atomic E-state index is 0.175. The second kappa shape index (κ2) is 4.74. The summed E-state index contributed by atoms with van der Waals surface area (Å²) in [5.41, 5.74) is 2.01. The van der Waals surface area contributed by atoms with Crippen molar-refractivity contribution in [2.24, 2.45) is 0 Å². The van der Waals surface area contributed by atoms with Gasteiger partial charge in [-0.1, -0.05) is 6.07 Å². The van der Waals surface area contributed by atoms with Gasteiger partial charge in [0, 0.05) is 6.20 Å². The number of nitrogens with one attached hydrogen (secondary N) is 1. The lowest BCUT2D eigenvalue weighted by Gasteiger charge is -2.43. The molecule has 0 aromatic carbocycles. The largest absolute Gasteiger partial charge is 0.259 e. The molecular weight excluding hydrogens is 244 g/mol. The van der Waals surface area contributed by atoms with Gasteiger partial charge in [0.25, 0.3) is 0 Å². The summed E-state index contributed by atoms with van der Waals surface area (Å²) in [6, 6.07) is 4.13. The lowest BCUT2D eigenvalue weighted by atomic mass is 9.75. The fraction of sp³-hybridized carbons (Fsp3) is 0.643. The van der Waals surface area contributed by atoms with E-state index < -0.39 is 11.0 Å². The van der Waals surface area contributed by atoms with Gasteiger partial charge in [-0.25, -0.2) is 8.93 Å². The van der Waals surface area contributed by atoms with E-state index in [0.29, 0.717) is 0 Å². The summed E-state index contributed by atoms with van der Waals surface area (Å²) in [5.74, 6) is 0. The Bertz CT molecular complexity index is 444. The van der Waals surface area contributed by atoms with E-state index in [4.69, 9.17) is 0 Å². The first-order valence-electron chi connectivity index (χ1n) is 6.46. The first kappa shape index (κ1) is 13.7. The molecule has 0 amide bonds. The predicted octanol–water partition coefficient (Wildman–Crippen LogP) is 2.82. The van der Waals surface area contributed by atoms with Crippen LogP contribution in [0.25, 0.3) is 0 Å². The van der Waals surface area contributed by atoms with E-state index in [1.54, 1.807) is 0 Å². The van der Waals surface area contributed by atoms with Crippen LogP contribution in [0.15, 0.2) is 18.3 Å². The van der Waals surface area contributed by atoms with Gasteiger partial charge in [0.2, 0.25) is 0 Å². The van der Waals surface area contributed by atoms with Gasteiger partial charge in [-0.2, -0.15) is 0 Å². The Morgan fingerprint density at radius 2 is 2.00 bits per heavy atom. The fourth-order valence-corrected chi connectivity index (χ4v) is 2.99. The van der Waals surface area contributed by atoms with E-state index in [-0.39, 0.29) is 10.3 Å². The smallest absolute Gasteiger partial charge is 0.0979 e. The van der Waals surface area contributed by atoms with Gasteiger partial charge in [-0.05, 0) is 58.6 Å². The van der Waals surface area contributed by atoms with Crippen LogP contribution in [0.4, 0.5) is 0 Å². The van der Waals surface area contributed by atoms with Crippen molar-refractivity contribution in [1.29, 1.82) is 0 Å². The van der Waals surface area contributed by atoms with Crippen LogP contribution in [0.2, 0.25) is 0 Å². The average Bonchev–Trinajstić information content (AvgIpc) is 2.23. The first-order valence-corrected chi connectivity index (χ1v) is 7.61. The lowest BCUT2D eigenvalue weighted by molar-refractivity contribution is 0.220. The van der Waals surface area contributed by atoms with Gasteiger partial charge in [-0.15, -0.1) is 0 Å². The van der Waals surface area contributed by atoms with Gasteiger partial charge >= 0.3 is 0 Å². The molecule has 1 aromatic heterocycles. The second-order valence-electron chi connectivity index (χ2n) is 6.14. The Morgan fingerprint density at radius 1 is 1.33 bits per heavy atom. The standard InChI is InChI=1S/C14H22N2OS/c1-11-6-7-12(15-10-11)14(8-5-9-14)16-18(17)13(2,3)4/h6-7,10,16H,5,8-9H2,1-4H3/t18-/m0/s1. The van der Waals surface area contributed by atoms with Crippen LogP contribution in [0.3, 0.4) is 0 Å². The molecule has 18 heavy (non-hydrogen) atoms. The van der Waals surface area contributed by atoms with Crippen LogP contribution in [-0.2, 0) is 16.5 Å². The Kier molecular flexibility index (Phi) is 3.60. The molecule has 1 aromatic rings. The maximum absolute atomic E-state index is 12.3. The number of hydrogen-bond acceptors (Lipinski definition) is 2. The molecule has 1 atom stereocenters. The summed E-state index contributed by atoms with van der Waals surface area (Å²) in [7, 11) is -1.05. The summed E-state index contributed by atoms with van der Waals surface area (Å²) in [4.78, 5) is 4.51. The number of aromatic nitrogens is 1. The van der Waals surface area contributed by atoms with Crippen LogP contribution in [-0.4, -0.2) is 13.9 Å². The summed E-state index contributed by atoms with van der Waals surface area (Å²) < 4.78 is 15.4. The van der Waals surface area contributed by atoms with Gasteiger partial charge in [0.15, 0.2) is 0 Å². The molecule has 0 radical (unpaired) electrons. The predicted molar refractivity (Wildman–Crippen MR) is 75.5 cm³/mol. The lowest BCUT2D eigenvalue weighted by Crippen LogP contribution is -2.52. The Balaban J connectivity index is 2.21. The Hall–Kier alpha value is -0.740. The normalized spacial score (nSPS) is 20.2. The molecule has 1 fully saturated rings. The molecule has 0 unspecified atom stereocenters. The molecule has 2 rings (SSSR count). The van der Waals surface area contributed by atoms with E-state index in [2.05, 4.69) is 21.8 Å². The number of aryl methyl sites for hydroxylation is 1. The quantitative estimate of drug-likeness (QED) is 0.914. The minimum atomic E-state index is -1.05. The zero-order chi connectivity index (χ0) is 13.4. The first-order chi connectivity index (χ1) is 8.33. The van der Waals surface area contributed by atoms with E-state index in [1.165, 1.54) is 6.42 Å². The molecule has 100 valence electrons. The fourth-order valence-electron chi connectivity index (χ4n) is 2.02. The van der Waals surface area contributed by atoms with E-state index >= 15 is 0 Å². The molecule has 1 saturated carbocycles. The van der Waals surface area contributed by atoms with Gasteiger partial charge in [0.1, 0.15) is 0 Å². The minimum Gasteiger partial charge on any atom is -0.259 e. The van der Waals surface area contributed by atoms with Crippen molar-refractivity contribution in [1.82, 2.24) is 9.71 Å². The third kappa shape index (κ3) is 2.64. The van der Waals surface area contributed by atoms with Crippen molar-refractivity contribution >= 4 is 11.0 Å². The third-order valence-corrected chi connectivity index (χ3v) is 5.14. The second-order valence-corrected chi connectivity index (χ2v) is 8.11. The van der Waals surface area contributed by atoms with Crippen molar-refractivity contribution in [2.75, 3.05) is 0 Å². The number of pyridine rings is 1. The molecule has 3 nitrogen and oxygen atoms in total. The zero-order valence-corrected chi connectivity index (χ0v) is 12.4. The number of nitrogens with zero attached hydrogens (tertiary/aromatic N) is 1. The van der Waals surface area contributed by atoms with E-state index in [1.807, 2.05) is 33.9 Å². The van der Waals surface area contributed by atoms with Crippen LogP contribution in [0, 0.1) is 6.92 Å². The highest BCUT2D eigenvalue weighted by Gasteiger charge is 2.42. The molecule has 1 heterocycles. The van der Waals surface area contributed by atoms with Crippen LogP contribution < -0.4 is 4.72 Å². The van der Waals surface area contributed by atoms with E-state index in [0.717, 1.165) is 24.1 Å². The maximum Gasteiger partial charge on any atom is 0.0979 e. The molecular formula is C14H22N2OS. The molecule has 1 aliphatic rings. The summed E-state index contributed by atoms with van der Waals surface area (Å²) in [5, 5.41) is 0. The maximum atomic E-state index is 12.3. The van der Waals surface area contributed by atoms with Crippen LogP contribution in [0.5, 0.6) is 0 Å². The van der Waals surface area contributed by atoms with Crippen molar-refractivity contribution in [2.45, 2.75) is 57.2 Å². The molecule has 1 N–H and O–H groups in total. The number of hydrogen-bond donors (Lipinski definition) is 1. The zero-order valence-electron chi connectivity index (χ0n) is 11.6. The van der Waals surface area contributed by atoms with Gasteiger partial charge in [-0.3, -0.25) is 4.98 Å². The van der Waals surface area contributed by atoms with Crippen molar-refractivity contribution in [3.63, 3.8) is 0 Å². The highest BCUT2D eigenvalue weighted by Crippen LogP contribution is 2.41. The Morgan fingerprint density at radius 3 is 2.39 bits per heavy atom. The van der Waals surface area contributed by atoms with Crippen LogP contribution in [0.1, 0.15) is 51.3 Å². The topological polar surface area (TPSA) is 42.0 Å². The van der Waals surface area contributed by atoms with Crippen molar-refractivity contribution in [3.8, 4) is 0 Å². The Labute approximate surface area is 112 Å². The molecule has 0 spiro atoms. The number of rotatable bonds is 3. The molecule has 0 aliphatic heterocycles. The summed E-state index contributed by atoms with van der Waals surface area (Å²) in [6.45, 7) is 8.01. The van der Waals surface area contributed by atoms with Crippen LogP contribution >= 0.6 is 0 Å². The summed E-state index contributed by atoms with van der Waals surface area (Å²) in [6.07, 6.45) is 5.09. The van der Waals surface area contributed by atoms with Gasteiger partial charge in [0.05, 0.1) is 27.0 Å². The highest BCUT2D eigenvalue weighted by atomic mass is 32.2. The molecule has 1 aliphatic carbocycles. The SMILES string of the molecule is Cc1ccc(C2(N[S@@](=O)C(C)(C)C)CCC2)nc1. The highest BCUT2D eigenvalue weighted by molar-refractivity contribution is 7.84. The summed E-state index contributed by atoms with van der Waals surface area (Å²) >= 11 is 0. The van der Waals surface area contributed by atoms with Gasteiger partial charge < -0.3 is 0 Å². The molecule has 4 heteroatoms. The molecule has 0 saturated heterocycles. The molecule has 0 bridgehead atoms.